The predicted molar refractivity (Wildman–Crippen MR) is 59.6 cm³/mol. The number of nitrogens with one attached hydrogen (secondary N) is 1. The molecule has 0 amide bonds. The Bertz CT molecular complexity index is 355. The Morgan fingerprint density at radius 3 is 2.81 bits per heavy atom. The maximum Gasteiger partial charge on any atom is 0.303 e. The number of halogens is 1. The van der Waals surface area contributed by atoms with Gasteiger partial charge in [0.2, 0.25) is 0 Å². The Morgan fingerprint density at radius 1 is 1.50 bits per heavy atom. The number of hydrogen-bond donors (Lipinski definition) is 2. The highest BCUT2D eigenvalue weighted by molar-refractivity contribution is 5.66. The standard InChI is InChI=1S/C12H16FNO2/c1-9(6-7-12(15)16)14-8-10-4-2-3-5-11(10)13/h2-5,9,14H,6-8H2,1H3,(H,15,16). The number of benzene rings is 1. The van der Waals surface area contributed by atoms with Crippen molar-refractivity contribution in [2.24, 2.45) is 0 Å². The fourth-order valence-electron chi connectivity index (χ4n) is 1.37. The molecule has 4 heteroatoms. The first kappa shape index (κ1) is 12.6. The van der Waals surface area contributed by atoms with Gasteiger partial charge < -0.3 is 10.4 Å². The van der Waals surface area contributed by atoms with Crippen LogP contribution in [-0.4, -0.2) is 17.1 Å². The van der Waals surface area contributed by atoms with Crippen LogP contribution in [0.25, 0.3) is 0 Å². The van der Waals surface area contributed by atoms with E-state index in [0.717, 1.165) is 0 Å². The zero-order valence-electron chi connectivity index (χ0n) is 9.24. The summed E-state index contributed by atoms with van der Waals surface area (Å²) in [4.78, 5) is 10.3. The minimum absolute atomic E-state index is 0.0655. The molecule has 0 bridgehead atoms. The Balaban J connectivity index is 2.34. The summed E-state index contributed by atoms with van der Waals surface area (Å²) in [5.74, 6) is -1.04. The fraction of sp³-hybridized carbons (Fsp3) is 0.417. The molecule has 0 spiro atoms. The quantitative estimate of drug-likeness (QED) is 0.780. The van der Waals surface area contributed by atoms with Gasteiger partial charge in [-0.3, -0.25) is 4.79 Å². The monoisotopic (exact) mass is 225 g/mol. The van der Waals surface area contributed by atoms with Crippen molar-refractivity contribution in [3.8, 4) is 0 Å². The highest BCUT2D eigenvalue weighted by Crippen LogP contribution is 2.06. The van der Waals surface area contributed by atoms with E-state index in [0.29, 0.717) is 18.5 Å². The first-order valence-electron chi connectivity index (χ1n) is 5.28. The van der Waals surface area contributed by atoms with Crippen LogP contribution >= 0.6 is 0 Å². The van der Waals surface area contributed by atoms with Crippen LogP contribution < -0.4 is 5.32 Å². The van der Waals surface area contributed by atoms with Crippen molar-refractivity contribution in [3.05, 3.63) is 35.6 Å². The van der Waals surface area contributed by atoms with Crippen LogP contribution in [0.3, 0.4) is 0 Å². The highest BCUT2D eigenvalue weighted by atomic mass is 19.1. The van der Waals surface area contributed by atoms with Gasteiger partial charge in [0.15, 0.2) is 0 Å². The Kier molecular flexibility index (Phi) is 4.92. The molecule has 0 aliphatic carbocycles. The zero-order chi connectivity index (χ0) is 12.0. The molecule has 0 aromatic heterocycles. The predicted octanol–water partition coefficient (Wildman–Crippen LogP) is 2.17. The van der Waals surface area contributed by atoms with Crippen molar-refractivity contribution in [1.82, 2.24) is 5.32 Å². The van der Waals surface area contributed by atoms with Gasteiger partial charge in [0.25, 0.3) is 0 Å². The fourth-order valence-corrected chi connectivity index (χ4v) is 1.37. The third-order valence-corrected chi connectivity index (χ3v) is 2.39. The van der Waals surface area contributed by atoms with Crippen LogP contribution in [0.15, 0.2) is 24.3 Å². The smallest absolute Gasteiger partial charge is 0.303 e. The molecule has 0 saturated heterocycles. The average Bonchev–Trinajstić information content (AvgIpc) is 2.25. The van der Waals surface area contributed by atoms with Crippen LogP contribution in [-0.2, 0) is 11.3 Å². The third-order valence-electron chi connectivity index (χ3n) is 2.39. The van der Waals surface area contributed by atoms with Gasteiger partial charge in [-0.2, -0.15) is 0 Å². The summed E-state index contributed by atoms with van der Waals surface area (Å²) < 4.78 is 13.2. The average molecular weight is 225 g/mol. The molecule has 1 unspecified atom stereocenters. The van der Waals surface area contributed by atoms with Gasteiger partial charge >= 0.3 is 5.97 Å². The summed E-state index contributed by atoms with van der Waals surface area (Å²) in [6, 6.07) is 6.62. The van der Waals surface area contributed by atoms with Crippen LogP contribution in [0.4, 0.5) is 4.39 Å². The van der Waals surface area contributed by atoms with Crippen molar-refractivity contribution >= 4 is 5.97 Å². The lowest BCUT2D eigenvalue weighted by Crippen LogP contribution is -2.26. The SMILES string of the molecule is CC(CCC(=O)O)NCc1ccccc1F. The maximum absolute atomic E-state index is 13.2. The minimum Gasteiger partial charge on any atom is -0.481 e. The second-order valence-corrected chi connectivity index (χ2v) is 3.81. The highest BCUT2D eigenvalue weighted by Gasteiger charge is 2.06. The van der Waals surface area contributed by atoms with E-state index in [1.165, 1.54) is 6.07 Å². The van der Waals surface area contributed by atoms with Crippen molar-refractivity contribution in [1.29, 1.82) is 0 Å². The summed E-state index contributed by atoms with van der Waals surface area (Å²) in [5.41, 5.74) is 0.602. The molecule has 3 nitrogen and oxygen atoms in total. The second kappa shape index (κ2) is 6.23. The number of hydrogen-bond acceptors (Lipinski definition) is 2. The summed E-state index contributed by atoms with van der Waals surface area (Å²) in [6.07, 6.45) is 0.676. The molecule has 0 radical (unpaired) electrons. The Morgan fingerprint density at radius 2 is 2.19 bits per heavy atom. The largest absolute Gasteiger partial charge is 0.481 e. The lowest BCUT2D eigenvalue weighted by molar-refractivity contribution is -0.137. The summed E-state index contributed by atoms with van der Waals surface area (Å²) >= 11 is 0. The molecule has 0 heterocycles. The topological polar surface area (TPSA) is 49.3 Å². The van der Waals surface area contributed by atoms with Gasteiger partial charge in [0, 0.05) is 24.6 Å². The van der Waals surface area contributed by atoms with E-state index >= 15 is 0 Å². The molecule has 16 heavy (non-hydrogen) atoms. The van der Waals surface area contributed by atoms with Crippen molar-refractivity contribution in [3.63, 3.8) is 0 Å². The molecule has 0 aliphatic rings. The van der Waals surface area contributed by atoms with Crippen molar-refractivity contribution in [2.45, 2.75) is 32.4 Å². The molecule has 0 saturated carbocycles. The van der Waals surface area contributed by atoms with Crippen molar-refractivity contribution < 1.29 is 14.3 Å². The van der Waals surface area contributed by atoms with Crippen LogP contribution in [0.1, 0.15) is 25.3 Å². The number of rotatable bonds is 6. The molecule has 0 fully saturated rings. The van der Waals surface area contributed by atoms with E-state index in [1.807, 2.05) is 6.92 Å². The molecule has 1 atom stereocenters. The molecule has 1 aromatic carbocycles. The van der Waals surface area contributed by atoms with E-state index in [-0.39, 0.29) is 18.3 Å². The number of carboxylic acid groups (broad SMARTS) is 1. The van der Waals surface area contributed by atoms with E-state index < -0.39 is 5.97 Å². The zero-order valence-corrected chi connectivity index (χ0v) is 9.24. The molecule has 0 aliphatic heterocycles. The lowest BCUT2D eigenvalue weighted by Gasteiger charge is -2.12. The Labute approximate surface area is 94.3 Å². The number of carboxylic acids is 1. The maximum atomic E-state index is 13.2. The summed E-state index contributed by atoms with van der Waals surface area (Å²) in [6.45, 7) is 2.32. The molecule has 1 aromatic rings. The van der Waals surface area contributed by atoms with E-state index in [2.05, 4.69) is 5.32 Å². The third kappa shape index (κ3) is 4.40. The number of aliphatic carboxylic acids is 1. The molecule has 88 valence electrons. The second-order valence-electron chi connectivity index (χ2n) is 3.81. The van der Waals surface area contributed by atoms with Crippen LogP contribution in [0.2, 0.25) is 0 Å². The van der Waals surface area contributed by atoms with Gasteiger partial charge in [-0.05, 0) is 19.4 Å². The van der Waals surface area contributed by atoms with E-state index in [4.69, 9.17) is 5.11 Å². The van der Waals surface area contributed by atoms with E-state index in [1.54, 1.807) is 18.2 Å². The Hall–Kier alpha value is -1.42. The molecular weight excluding hydrogens is 209 g/mol. The van der Waals surface area contributed by atoms with Crippen LogP contribution in [0, 0.1) is 5.82 Å². The van der Waals surface area contributed by atoms with Gasteiger partial charge in [-0.25, -0.2) is 4.39 Å². The van der Waals surface area contributed by atoms with Gasteiger partial charge in [-0.1, -0.05) is 18.2 Å². The van der Waals surface area contributed by atoms with E-state index in [9.17, 15) is 9.18 Å². The van der Waals surface area contributed by atoms with Gasteiger partial charge in [0.1, 0.15) is 5.82 Å². The van der Waals surface area contributed by atoms with Crippen molar-refractivity contribution in [2.75, 3.05) is 0 Å². The summed E-state index contributed by atoms with van der Waals surface area (Å²) in [7, 11) is 0. The first-order chi connectivity index (χ1) is 7.59. The first-order valence-corrected chi connectivity index (χ1v) is 5.28. The minimum atomic E-state index is -0.806. The molecular formula is C12H16FNO2. The lowest BCUT2D eigenvalue weighted by atomic mass is 10.1. The molecule has 2 N–H and O–H groups in total. The van der Waals surface area contributed by atoms with Gasteiger partial charge in [-0.15, -0.1) is 0 Å². The normalized spacial score (nSPS) is 12.4. The number of carbonyl (C=O) groups is 1. The summed E-state index contributed by atoms with van der Waals surface area (Å²) in [5, 5.41) is 11.6. The molecule has 1 rings (SSSR count). The van der Waals surface area contributed by atoms with Crippen LogP contribution in [0.5, 0.6) is 0 Å². The van der Waals surface area contributed by atoms with Gasteiger partial charge in [0.05, 0.1) is 0 Å².